The van der Waals surface area contributed by atoms with Gasteiger partial charge in [-0.25, -0.2) is 14.6 Å². The van der Waals surface area contributed by atoms with E-state index in [-0.39, 0.29) is 5.91 Å². The fourth-order valence-corrected chi connectivity index (χ4v) is 3.56. The first-order valence-electron chi connectivity index (χ1n) is 9.09. The second-order valence-corrected chi connectivity index (χ2v) is 6.91. The monoisotopic (exact) mass is 361 g/mol. The Labute approximate surface area is 156 Å². The van der Waals surface area contributed by atoms with Gasteiger partial charge in [-0.2, -0.15) is 5.10 Å². The number of nitrogens with zero attached hydrogens (tertiary/aromatic N) is 7. The quantitative estimate of drug-likeness (QED) is 0.711. The molecule has 8 nitrogen and oxygen atoms in total. The highest BCUT2D eigenvalue weighted by atomic mass is 16.2. The van der Waals surface area contributed by atoms with E-state index in [1.807, 2.05) is 19.1 Å². The van der Waals surface area contributed by atoms with Gasteiger partial charge in [0.2, 0.25) is 0 Å². The Hall–Kier alpha value is -3.29. The van der Waals surface area contributed by atoms with E-state index < -0.39 is 0 Å². The lowest BCUT2D eigenvalue weighted by Gasteiger charge is -2.16. The summed E-state index contributed by atoms with van der Waals surface area (Å²) in [6.07, 6.45) is 9.34. The molecule has 0 N–H and O–H groups in total. The Morgan fingerprint density at radius 3 is 2.41 bits per heavy atom. The smallest absolute Gasteiger partial charge is 0.262 e. The van der Waals surface area contributed by atoms with Crippen LogP contribution in [0.1, 0.15) is 34.6 Å². The van der Waals surface area contributed by atoms with Gasteiger partial charge in [-0.05, 0) is 31.9 Å². The van der Waals surface area contributed by atoms with Gasteiger partial charge in [-0.3, -0.25) is 9.78 Å². The van der Waals surface area contributed by atoms with Gasteiger partial charge in [-0.15, -0.1) is 0 Å². The van der Waals surface area contributed by atoms with Gasteiger partial charge in [0.1, 0.15) is 5.82 Å². The van der Waals surface area contributed by atoms with Crippen LogP contribution in [0.4, 0.5) is 11.5 Å². The predicted molar refractivity (Wildman–Crippen MR) is 100 cm³/mol. The van der Waals surface area contributed by atoms with Gasteiger partial charge in [0.25, 0.3) is 5.91 Å². The van der Waals surface area contributed by atoms with Crippen molar-refractivity contribution in [3.63, 3.8) is 0 Å². The molecule has 1 amide bonds. The molecule has 0 saturated carbocycles. The number of carbonyl (C=O) groups is 1. The average molecular weight is 361 g/mol. The predicted octanol–water partition coefficient (Wildman–Crippen LogP) is 2.13. The summed E-state index contributed by atoms with van der Waals surface area (Å²) < 4.78 is 1.63. The van der Waals surface area contributed by atoms with Crippen molar-refractivity contribution in [2.45, 2.75) is 26.3 Å². The molecule has 1 saturated heterocycles. The minimum Gasteiger partial charge on any atom is -0.355 e. The molecule has 8 heteroatoms. The van der Waals surface area contributed by atoms with E-state index in [9.17, 15) is 4.79 Å². The highest BCUT2D eigenvalue weighted by Crippen LogP contribution is 2.28. The van der Waals surface area contributed by atoms with Crippen LogP contribution in [0.2, 0.25) is 0 Å². The number of aryl methyl sites for hydroxylation is 1. The maximum absolute atomic E-state index is 12.8. The van der Waals surface area contributed by atoms with Crippen molar-refractivity contribution in [3.8, 4) is 5.82 Å². The molecular formula is C19H19N7O. The lowest BCUT2D eigenvalue weighted by molar-refractivity contribution is 0.0996. The van der Waals surface area contributed by atoms with Crippen LogP contribution in [0.3, 0.4) is 0 Å². The maximum atomic E-state index is 12.8. The largest absolute Gasteiger partial charge is 0.355 e. The third-order valence-corrected chi connectivity index (χ3v) is 5.07. The van der Waals surface area contributed by atoms with Crippen LogP contribution in [0.25, 0.3) is 5.82 Å². The average Bonchev–Trinajstić information content (AvgIpc) is 3.41. The molecule has 27 heavy (non-hydrogen) atoms. The highest BCUT2D eigenvalue weighted by Gasteiger charge is 2.32. The normalized spacial score (nSPS) is 16.3. The van der Waals surface area contributed by atoms with E-state index >= 15 is 0 Å². The first-order valence-corrected chi connectivity index (χ1v) is 9.09. The van der Waals surface area contributed by atoms with Crippen LogP contribution in [0.5, 0.6) is 0 Å². The lowest BCUT2D eigenvalue weighted by atomic mass is 10.3. The number of rotatable bonds is 3. The summed E-state index contributed by atoms with van der Waals surface area (Å²) in [7, 11) is 0. The fraction of sp³-hybridized carbons (Fsp3) is 0.316. The number of carbonyl (C=O) groups excluding carboxylic acids is 1. The maximum Gasteiger partial charge on any atom is 0.262 e. The molecule has 0 aliphatic carbocycles. The number of aromatic nitrogens is 5. The Kier molecular flexibility index (Phi) is 3.63. The van der Waals surface area contributed by atoms with E-state index in [2.05, 4.69) is 25.0 Å². The number of pyridine rings is 1. The van der Waals surface area contributed by atoms with Crippen molar-refractivity contribution in [3.05, 3.63) is 53.9 Å². The van der Waals surface area contributed by atoms with Crippen molar-refractivity contribution in [2.75, 3.05) is 22.9 Å². The molecular weight excluding hydrogens is 342 g/mol. The van der Waals surface area contributed by atoms with E-state index in [1.165, 1.54) is 12.8 Å². The Morgan fingerprint density at radius 2 is 1.74 bits per heavy atom. The summed E-state index contributed by atoms with van der Waals surface area (Å²) in [5, 5.41) is 4.55. The number of amides is 1. The third kappa shape index (κ3) is 2.73. The number of fused-ring (bicyclic) bond motifs is 1. The Morgan fingerprint density at radius 1 is 0.963 bits per heavy atom. The molecule has 0 bridgehead atoms. The van der Waals surface area contributed by atoms with Gasteiger partial charge in [-0.1, -0.05) is 0 Å². The number of anilines is 2. The molecule has 136 valence electrons. The molecule has 0 spiro atoms. The number of hydrogen-bond donors (Lipinski definition) is 0. The molecule has 2 aliphatic rings. The van der Waals surface area contributed by atoms with Gasteiger partial charge < -0.3 is 9.80 Å². The van der Waals surface area contributed by atoms with Gasteiger partial charge in [0.05, 0.1) is 42.1 Å². The summed E-state index contributed by atoms with van der Waals surface area (Å²) >= 11 is 0. The van der Waals surface area contributed by atoms with Crippen LogP contribution < -0.4 is 9.80 Å². The molecule has 3 aromatic heterocycles. The molecule has 0 radical (unpaired) electrons. The van der Waals surface area contributed by atoms with E-state index in [0.29, 0.717) is 17.9 Å². The minimum absolute atomic E-state index is 0.0662. The van der Waals surface area contributed by atoms with Gasteiger partial charge >= 0.3 is 0 Å². The second kappa shape index (κ2) is 6.15. The summed E-state index contributed by atoms with van der Waals surface area (Å²) in [5.74, 6) is 1.44. The van der Waals surface area contributed by atoms with Crippen LogP contribution in [0, 0.1) is 6.92 Å². The standard InChI is InChI=1S/C19H19N7O/c1-13-4-5-14(8-20-13)25-12-16-15(19(25)27)11-26(23-16)18-10-21-17(9-22-18)24-6-2-3-7-24/h4-5,8-11H,2-3,6-7,12H2,1H3. The van der Waals surface area contributed by atoms with Crippen LogP contribution >= 0.6 is 0 Å². The zero-order valence-corrected chi connectivity index (χ0v) is 15.0. The zero-order valence-electron chi connectivity index (χ0n) is 15.0. The summed E-state index contributed by atoms with van der Waals surface area (Å²) in [5.41, 5.74) is 3.04. The molecule has 1 fully saturated rings. The highest BCUT2D eigenvalue weighted by molar-refractivity contribution is 6.09. The summed E-state index contributed by atoms with van der Waals surface area (Å²) in [6.45, 7) is 4.42. The summed E-state index contributed by atoms with van der Waals surface area (Å²) in [6, 6.07) is 3.81. The van der Waals surface area contributed by atoms with E-state index in [0.717, 1.165) is 36.0 Å². The molecule has 3 aromatic rings. The lowest BCUT2D eigenvalue weighted by Crippen LogP contribution is -2.24. The van der Waals surface area contributed by atoms with Crippen molar-refractivity contribution < 1.29 is 4.79 Å². The molecule has 0 unspecified atom stereocenters. The SMILES string of the molecule is Cc1ccc(N2Cc3nn(-c4cnc(N5CCCC5)cn4)cc3C2=O)cn1. The first kappa shape index (κ1) is 15.9. The topological polar surface area (TPSA) is 80.0 Å². The number of hydrogen-bond acceptors (Lipinski definition) is 6. The molecule has 2 aliphatic heterocycles. The van der Waals surface area contributed by atoms with Crippen molar-refractivity contribution in [1.29, 1.82) is 0 Å². The van der Waals surface area contributed by atoms with Crippen LogP contribution in [0.15, 0.2) is 36.9 Å². The molecule has 5 heterocycles. The molecule has 5 rings (SSSR count). The second-order valence-electron chi connectivity index (χ2n) is 6.91. The fourth-order valence-electron chi connectivity index (χ4n) is 3.56. The van der Waals surface area contributed by atoms with Gasteiger partial charge in [0, 0.05) is 25.0 Å². The molecule has 0 aromatic carbocycles. The van der Waals surface area contributed by atoms with E-state index in [4.69, 9.17) is 0 Å². The Bertz CT molecular complexity index is 988. The minimum atomic E-state index is -0.0662. The van der Waals surface area contributed by atoms with Crippen LogP contribution in [-0.2, 0) is 6.54 Å². The first-order chi connectivity index (χ1) is 13.2. The van der Waals surface area contributed by atoms with Crippen LogP contribution in [-0.4, -0.2) is 43.7 Å². The van der Waals surface area contributed by atoms with Crippen molar-refractivity contribution >= 4 is 17.4 Å². The summed E-state index contributed by atoms with van der Waals surface area (Å²) in [4.78, 5) is 29.9. The Balaban J connectivity index is 1.38. The van der Waals surface area contributed by atoms with E-state index in [1.54, 1.807) is 34.4 Å². The van der Waals surface area contributed by atoms with Gasteiger partial charge in [0.15, 0.2) is 5.82 Å². The van der Waals surface area contributed by atoms with Crippen molar-refractivity contribution in [1.82, 2.24) is 24.7 Å². The third-order valence-electron chi connectivity index (χ3n) is 5.07. The van der Waals surface area contributed by atoms with Crippen molar-refractivity contribution in [2.24, 2.45) is 0 Å². The molecule has 0 atom stereocenters. The zero-order chi connectivity index (χ0) is 18.4.